The summed E-state index contributed by atoms with van der Waals surface area (Å²) in [4.78, 5) is 0. The molecule has 4 aromatic rings. The fourth-order valence-corrected chi connectivity index (χ4v) is 43.8. The lowest BCUT2D eigenvalue weighted by molar-refractivity contribution is 0.510. The molecule has 400 valence electrons. The van der Waals surface area contributed by atoms with E-state index in [4.69, 9.17) is 0 Å². The molecule has 0 unspecified atom stereocenters. The van der Waals surface area contributed by atoms with Crippen LogP contribution in [0, 0.1) is 0 Å². The van der Waals surface area contributed by atoms with E-state index in [9.17, 15) is 0 Å². The van der Waals surface area contributed by atoms with E-state index in [-0.39, 0.29) is 0 Å². The maximum atomic E-state index is 3.37. The number of rotatable bonds is 35. The van der Waals surface area contributed by atoms with Crippen LogP contribution in [0.4, 0.5) is 0 Å². The molecule has 1 aliphatic carbocycles. The third-order valence-corrected chi connectivity index (χ3v) is 46.9. The first-order chi connectivity index (χ1) is 35.1. The lowest BCUT2D eigenvalue weighted by Crippen LogP contribution is -2.50. The normalized spacial score (nSPS) is 14.2. The number of nitrogens with zero attached hydrogens (tertiary/aromatic N) is 1. The highest BCUT2D eigenvalue weighted by atomic mass is 31.2. The zero-order chi connectivity index (χ0) is 52.0. The first-order valence-corrected chi connectivity index (χ1v) is 44.0. The summed E-state index contributed by atoms with van der Waals surface area (Å²) in [5.74, 6) is 0. The van der Waals surface area contributed by atoms with Gasteiger partial charge in [-0.2, -0.15) is 0 Å². The summed E-state index contributed by atoms with van der Waals surface area (Å²) in [5, 5.41) is 13.7. The van der Waals surface area contributed by atoms with Crippen LogP contribution >= 0.6 is 16.1 Å². The van der Waals surface area contributed by atoms with Crippen molar-refractivity contribution in [3.8, 4) is 0 Å². The van der Waals surface area contributed by atoms with Gasteiger partial charge < -0.3 is 0 Å². The van der Waals surface area contributed by atoms with E-state index in [2.05, 4.69) is 185 Å². The second-order valence-corrected chi connectivity index (χ2v) is 46.2. The molecule has 5 rings (SSSR count). The molecule has 0 amide bonds. The fourth-order valence-electron chi connectivity index (χ4n) is 15.2. The molecule has 0 saturated heterocycles. The molecule has 0 bridgehead atoms. The number of hydrogen-bond acceptors (Lipinski definition) is 1. The van der Waals surface area contributed by atoms with Crippen LogP contribution in [-0.4, -0.2) is 42.8 Å². The molecule has 72 heavy (non-hydrogen) atoms. The highest BCUT2D eigenvalue weighted by Crippen LogP contribution is 2.58. The van der Waals surface area contributed by atoms with Gasteiger partial charge in [0, 0.05) is 22.2 Å². The maximum absolute atomic E-state index is 3.37. The molecule has 0 aliphatic heterocycles. The average Bonchev–Trinajstić information content (AvgIpc) is 3.92. The fraction of sp³-hybridized carbons (Fsp3) is 0.631. The van der Waals surface area contributed by atoms with Crippen LogP contribution in [0.5, 0.6) is 0 Å². The molecule has 0 spiro atoms. The molecule has 0 radical (unpaired) electrons. The largest absolute Gasteiger partial charge is 0.242 e. The summed E-state index contributed by atoms with van der Waals surface area (Å²) in [6, 6.07) is 60.6. The van der Waals surface area contributed by atoms with Crippen LogP contribution in [0.25, 0.3) is 0 Å². The Bertz CT molecular complexity index is 1800. The van der Waals surface area contributed by atoms with Crippen molar-refractivity contribution in [3.05, 3.63) is 97.1 Å². The van der Waals surface area contributed by atoms with Crippen molar-refractivity contribution in [2.45, 2.75) is 264 Å². The zero-order valence-electron chi connectivity index (χ0n) is 49.0. The molecule has 7 heteroatoms. The minimum absolute atomic E-state index is 0.558. The first-order valence-electron chi connectivity index (χ1n) is 30.9. The molecule has 1 saturated carbocycles. The Hall–Kier alpha value is -1.43. The van der Waals surface area contributed by atoms with Gasteiger partial charge in [-0.1, -0.05) is 363 Å². The van der Waals surface area contributed by atoms with E-state index in [0.717, 1.165) is 0 Å². The summed E-state index contributed by atoms with van der Waals surface area (Å²) in [6.07, 6.45) is 21.0. The van der Waals surface area contributed by atoms with Crippen molar-refractivity contribution >= 4 is 90.4 Å². The predicted molar refractivity (Wildman–Crippen MR) is 345 cm³/mol. The Balaban J connectivity index is 1.99. The highest BCUT2D eigenvalue weighted by molar-refractivity contribution is 7.84. The minimum Gasteiger partial charge on any atom is -0.242 e. The third-order valence-electron chi connectivity index (χ3n) is 17.6. The van der Waals surface area contributed by atoms with Crippen molar-refractivity contribution in [2.24, 2.45) is 0 Å². The van der Waals surface area contributed by atoms with Gasteiger partial charge in [0.25, 0.3) is 0 Å². The van der Waals surface area contributed by atoms with Crippen LogP contribution in [0.15, 0.2) is 97.1 Å². The van der Waals surface area contributed by atoms with E-state index < -0.39 is 48.4 Å². The van der Waals surface area contributed by atoms with Gasteiger partial charge in [-0.25, -0.2) is 4.44 Å². The maximum Gasteiger partial charge on any atom is 0.0867 e. The van der Waals surface area contributed by atoms with E-state index in [1.807, 2.05) is 0 Å². The lowest BCUT2D eigenvalue weighted by Gasteiger charge is -2.44. The Morgan fingerprint density at radius 2 is 0.514 bits per heavy atom. The van der Waals surface area contributed by atoms with Gasteiger partial charge >= 0.3 is 0 Å². The standard InChI is InChI=1S/C65H109NP2Si4/c1-13-41-69(42-14-2,43-15-3)62-37-27-33-58(53-62)67(59-34-28-38-63(54-59)70(44-16-4,45-17-5)46-18-6)66(57-31-25-26-32-57)68(60-35-29-39-64(55-60)71(47-19-7,48-20-8)49-21-9)61-36-30-40-65(56-61)72(50-22-10,51-23-11)52-24-12/h27-30,33-40,53-57H,13-26,31-32,41-52H2,1-12H3. The van der Waals surface area contributed by atoms with Crippen molar-refractivity contribution in [1.29, 1.82) is 0 Å². The minimum atomic E-state index is -1.74. The topological polar surface area (TPSA) is 3.24 Å². The van der Waals surface area contributed by atoms with Gasteiger partial charge in [0.15, 0.2) is 0 Å². The SMILES string of the molecule is CCC[Si](CCC)(CCC)c1cccc(P(c2cccc([Si](CCC)(CCC)CCC)c2)N(C2CCCC2)P(c2cccc([Si](CCC)(CCC)CCC)c2)c2cccc([Si](CCC)(CCC)CCC)c2)c1. The molecule has 0 atom stereocenters. The van der Waals surface area contributed by atoms with Crippen LogP contribution in [0.1, 0.15) is 186 Å². The smallest absolute Gasteiger partial charge is 0.0867 e. The van der Waals surface area contributed by atoms with E-state index in [0.29, 0.717) is 6.04 Å². The molecule has 4 aromatic carbocycles. The number of benzene rings is 4. The molecule has 1 nitrogen and oxygen atoms in total. The number of hydrogen-bond donors (Lipinski definition) is 0. The summed E-state index contributed by atoms with van der Waals surface area (Å²) in [5.41, 5.74) is 0. The molecule has 0 N–H and O–H groups in total. The quantitative estimate of drug-likeness (QED) is 0.0328. The van der Waals surface area contributed by atoms with Crippen LogP contribution < -0.4 is 42.0 Å². The Labute approximate surface area is 453 Å². The van der Waals surface area contributed by atoms with E-state index >= 15 is 0 Å². The molecular formula is C65H109NP2Si4. The Kier molecular flexibility index (Phi) is 26.5. The van der Waals surface area contributed by atoms with Crippen molar-refractivity contribution < 1.29 is 0 Å². The monoisotopic (exact) mass is 1080 g/mol. The molecular weight excluding hydrogens is 969 g/mol. The first kappa shape index (κ1) is 61.4. The summed E-state index contributed by atoms with van der Waals surface area (Å²) in [6.45, 7) is 29.7. The highest BCUT2D eigenvalue weighted by Gasteiger charge is 2.43. The van der Waals surface area contributed by atoms with E-state index in [1.165, 1.54) is 175 Å². The summed E-state index contributed by atoms with van der Waals surface area (Å²) >= 11 is 0. The lowest BCUT2D eigenvalue weighted by atomic mass is 10.3. The second-order valence-electron chi connectivity index (χ2n) is 23.2. The van der Waals surface area contributed by atoms with Crippen LogP contribution in [0.3, 0.4) is 0 Å². The predicted octanol–water partition coefficient (Wildman–Crippen LogP) is 17.9. The average molecular weight is 1080 g/mol. The summed E-state index contributed by atoms with van der Waals surface area (Å²) in [7, 11) is -8.70. The summed E-state index contributed by atoms with van der Waals surface area (Å²) < 4.78 is 3.37. The third kappa shape index (κ3) is 14.8. The van der Waals surface area contributed by atoms with Crippen LogP contribution in [0.2, 0.25) is 72.5 Å². The van der Waals surface area contributed by atoms with Gasteiger partial charge in [-0.3, -0.25) is 0 Å². The van der Waals surface area contributed by atoms with Gasteiger partial charge in [-0.05, 0) is 34.1 Å². The van der Waals surface area contributed by atoms with E-state index in [1.54, 1.807) is 42.0 Å². The van der Waals surface area contributed by atoms with Gasteiger partial charge in [-0.15, -0.1) is 0 Å². The zero-order valence-corrected chi connectivity index (χ0v) is 54.7. The molecule has 0 aromatic heterocycles. The Morgan fingerprint density at radius 3 is 0.694 bits per heavy atom. The molecule has 1 fully saturated rings. The molecule has 1 aliphatic rings. The van der Waals surface area contributed by atoms with Crippen LogP contribution in [-0.2, 0) is 0 Å². The van der Waals surface area contributed by atoms with Crippen molar-refractivity contribution in [1.82, 2.24) is 4.44 Å². The van der Waals surface area contributed by atoms with Gasteiger partial charge in [0.2, 0.25) is 0 Å². The van der Waals surface area contributed by atoms with Crippen molar-refractivity contribution in [2.75, 3.05) is 0 Å². The second kappa shape index (κ2) is 31.1. The Morgan fingerprint density at radius 1 is 0.319 bits per heavy atom. The van der Waals surface area contributed by atoms with Gasteiger partial charge in [0.1, 0.15) is 0 Å². The van der Waals surface area contributed by atoms with Crippen molar-refractivity contribution in [3.63, 3.8) is 0 Å². The molecule has 0 heterocycles. The van der Waals surface area contributed by atoms with Gasteiger partial charge in [0.05, 0.1) is 32.3 Å².